The zero-order valence-electron chi connectivity index (χ0n) is 15.2. The predicted octanol–water partition coefficient (Wildman–Crippen LogP) is 3.71. The smallest absolute Gasteiger partial charge is 0.228 e. The molecular formula is C21H24N4O. The van der Waals surface area contributed by atoms with E-state index < -0.39 is 0 Å². The number of rotatable bonds is 7. The van der Waals surface area contributed by atoms with Gasteiger partial charge in [0.1, 0.15) is 0 Å². The van der Waals surface area contributed by atoms with Crippen LogP contribution in [0.1, 0.15) is 37.3 Å². The Labute approximate surface area is 154 Å². The number of amides is 1. The van der Waals surface area contributed by atoms with E-state index in [1.165, 1.54) is 0 Å². The van der Waals surface area contributed by atoms with Gasteiger partial charge in [0.15, 0.2) is 5.82 Å². The van der Waals surface area contributed by atoms with Crippen LogP contribution in [0, 0.1) is 5.92 Å². The van der Waals surface area contributed by atoms with Crippen LogP contribution in [0.3, 0.4) is 0 Å². The monoisotopic (exact) mass is 348 g/mol. The van der Waals surface area contributed by atoms with Crippen molar-refractivity contribution in [1.29, 1.82) is 0 Å². The van der Waals surface area contributed by atoms with Gasteiger partial charge in [0.25, 0.3) is 0 Å². The van der Waals surface area contributed by atoms with E-state index >= 15 is 0 Å². The number of nitrogens with one attached hydrogen (secondary N) is 1. The van der Waals surface area contributed by atoms with Gasteiger partial charge in [-0.25, -0.2) is 9.67 Å². The van der Waals surface area contributed by atoms with E-state index in [-0.39, 0.29) is 17.7 Å². The average molecular weight is 348 g/mol. The third kappa shape index (κ3) is 4.17. The molecule has 0 bridgehead atoms. The average Bonchev–Trinajstić information content (AvgIpc) is 3.22. The summed E-state index contributed by atoms with van der Waals surface area (Å²) in [6, 6.07) is 15.7. The lowest BCUT2D eigenvalue weighted by Crippen LogP contribution is -2.32. The summed E-state index contributed by atoms with van der Waals surface area (Å²) < 4.78 is 1.71. The lowest BCUT2D eigenvalue weighted by atomic mass is 9.85. The molecule has 0 aliphatic rings. The molecule has 2 aromatic heterocycles. The minimum Gasteiger partial charge on any atom is -0.351 e. The summed E-state index contributed by atoms with van der Waals surface area (Å²) in [5, 5.41) is 7.23. The van der Waals surface area contributed by atoms with Crippen LogP contribution in [0.5, 0.6) is 0 Å². The van der Waals surface area contributed by atoms with Gasteiger partial charge in [-0.1, -0.05) is 56.7 Å². The van der Waals surface area contributed by atoms with Crippen LogP contribution in [0.25, 0.3) is 5.82 Å². The molecular weight excluding hydrogens is 324 g/mol. The SMILES string of the molecule is CC[C@H](C)[C@@H](C(=O)NCc1ccc(-n2cccn2)nc1)c1ccccc1. The molecule has 0 spiro atoms. The highest BCUT2D eigenvalue weighted by atomic mass is 16.1. The molecule has 0 saturated carbocycles. The number of carbonyl (C=O) groups excluding carboxylic acids is 1. The van der Waals surface area contributed by atoms with Gasteiger partial charge in [-0.15, -0.1) is 0 Å². The second-order valence-electron chi connectivity index (χ2n) is 6.47. The normalized spacial score (nSPS) is 13.2. The molecule has 0 aliphatic carbocycles. The Kier molecular flexibility index (Phi) is 5.79. The zero-order chi connectivity index (χ0) is 18.4. The lowest BCUT2D eigenvalue weighted by molar-refractivity contribution is -0.123. The minimum atomic E-state index is -0.141. The first-order valence-corrected chi connectivity index (χ1v) is 8.96. The van der Waals surface area contributed by atoms with Crippen LogP contribution in [-0.2, 0) is 11.3 Å². The van der Waals surface area contributed by atoms with E-state index in [4.69, 9.17) is 0 Å². The molecule has 5 heteroatoms. The molecule has 2 heterocycles. The van der Waals surface area contributed by atoms with E-state index in [0.717, 1.165) is 23.4 Å². The highest BCUT2D eigenvalue weighted by molar-refractivity contribution is 5.83. The Morgan fingerprint density at radius 1 is 1.15 bits per heavy atom. The van der Waals surface area contributed by atoms with Crippen LogP contribution < -0.4 is 5.32 Å². The Balaban J connectivity index is 1.66. The van der Waals surface area contributed by atoms with Gasteiger partial charge in [0.05, 0.1) is 5.92 Å². The van der Waals surface area contributed by atoms with Crippen LogP contribution in [-0.4, -0.2) is 20.7 Å². The Morgan fingerprint density at radius 3 is 2.58 bits per heavy atom. The maximum absolute atomic E-state index is 12.8. The van der Waals surface area contributed by atoms with E-state index in [1.54, 1.807) is 17.1 Å². The molecule has 3 rings (SSSR count). The highest BCUT2D eigenvalue weighted by Gasteiger charge is 2.25. The third-order valence-electron chi connectivity index (χ3n) is 4.67. The van der Waals surface area contributed by atoms with E-state index in [0.29, 0.717) is 6.54 Å². The van der Waals surface area contributed by atoms with Gasteiger partial charge in [0, 0.05) is 25.1 Å². The molecule has 1 N–H and O–H groups in total. The van der Waals surface area contributed by atoms with E-state index in [9.17, 15) is 4.79 Å². The number of hydrogen-bond donors (Lipinski definition) is 1. The summed E-state index contributed by atoms with van der Waals surface area (Å²) in [5.74, 6) is 0.948. The second-order valence-corrected chi connectivity index (χ2v) is 6.47. The minimum absolute atomic E-state index is 0.0571. The van der Waals surface area contributed by atoms with Crippen molar-refractivity contribution in [1.82, 2.24) is 20.1 Å². The molecule has 0 aliphatic heterocycles. The van der Waals surface area contributed by atoms with Crippen molar-refractivity contribution in [2.24, 2.45) is 5.92 Å². The van der Waals surface area contributed by atoms with E-state index in [1.807, 2.05) is 54.7 Å². The van der Waals surface area contributed by atoms with Crippen molar-refractivity contribution in [2.75, 3.05) is 0 Å². The van der Waals surface area contributed by atoms with Gasteiger partial charge in [0.2, 0.25) is 5.91 Å². The number of hydrogen-bond acceptors (Lipinski definition) is 3. The molecule has 26 heavy (non-hydrogen) atoms. The van der Waals surface area contributed by atoms with Gasteiger partial charge >= 0.3 is 0 Å². The molecule has 0 radical (unpaired) electrons. The predicted molar refractivity (Wildman–Crippen MR) is 102 cm³/mol. The lowest BCUT2D eigenvalue weighted by Gasteiger charge is -2.22. The fourth-order valence-corrected chi connectivity index (χ4v) is 2.99. The maximum Gasteiger partial charge on any atom is 0.228 e. The van der Waals surface area contributed by atoms with Crippen molar-refractivity contribution in [2.45, 2.75) is 32.7 Å². The highest BCUT2D eigenvalue weighted by Crippen LogP contribution is 2.27. The van der Waals surface area contributed by atoms with E-state index in [2.05, 4.69) is 29.2 Å². The number of carbonyl (C=O) groups is 1. The number of nitrogens with zero attached hydrogens (tertiary/aromatic N) is 3. The quantitative estimate of drug-likeness (QED) is 0.708. The Bertz CT molecular complexity index is 813. The summed E-state index contributed by atoms with van der Waals surface area (Å²) in [4.78, 5) is 17.2. The molecule has 0 saturated heterocycles. The van der Waals surface area contributed by atoms with Gasteiger partial charge in [-0.05, 0) is 29.2 Å². The van der Waals surface area contributed by atoms with Gasteiger partial charge in [-0.2, -0.15) is 5.10 Å². The first-order valence-electron chi connectivity index (χ1n) is 8.96. The largest absolute Gasteiger partial charge is 0.351 e. The summed E-state index contributed by atoms with van der Waals surface area (Å²) in [5.41, 5.74) is 2.02. The van der Waals surface area contributed by atoms with Gasteiger partial charge < -0.3 is 5.32 Å². The Hall–Kier alpha value is -2.95. The summed E-state index contributed by atoms with van der Waals surface area (Å²) in [6.45, 7) is 4.70. The van der Waals surface area contributed by atoms with Crippen molar-refractivity contribution >= 4 is 5.91 Å². The first kappa shape index (κ1) is 17.9. The molecule has 1 aromatic carbocycles. The van der Waals surface area contributed by atoms with Crippen molar-refractivity contribution < 1.29 is 4.79 Å². The first-order chi connectivity index (χ1) is 12.7. The number of pyridine rings is 1. The van der Waals surface area contributed by atoms with Gasteiger partial charge in [-0.3, -0.25) is 4.79 Å². The third-order valence-corrected chi connectivity index (χ3v) is 4.67. The standard InChI is InChI=1S/C21H24N4O/c1-3-16(2)20(18-8-5-4-6-9-18)21(26)23-15-17-10-11-19(22-14-17)25-13-7-12-24-25/h4-14,16,20H,3,15H2,1-2H3,(H,23,26)/t16-,20+/m0/s1. The van der Waals surface area contributed by atoms with Crippen molar-refractivity contribution in [3.63, 3.8) is 0 Å². The summed E-state index contributed by atoms with van der Waals surface area (Å²) >= 11 is 0. The van der Waals surface area contributed by atoms with Crippen molar-refractivity contribution in [3.8, 4) is 5.82 Å². The molecule has 5 nitrogen and oxygen atoms in total. The zero-order valence-corrected chi connectivity index (χ0v) is 15.2. The molecule has 1 amide bonds. The van der Waals surface area contributed by atoms with Crippen molar-refractivity contribution in [3.05, 3.63) is 78.2 Å². The molecule has 3 aromatic rings. The summed E-state index contributed by atoms with van der Waals surface area (Å²) in [7, 11) is 0. The number of aromatic nitrogens is 3. The number of benzene rings is 1. The van der Waals surface area contributed by atoms with Crippen LogP contribution in [0.2, 0.25) is 0 Å². The summed E-state index contributed by atoms with van der Waals surface area (Å²) in [6.07, 6.45) is 6.29. The van der Waals surface area contributed by atoms with Crippen LogP contribution >= 0.6 is 0 Å². The fourth-order valence-electron chi connectivity index (χ4n) is 2.99. The molecule has 134 valence electrons. The molecule has 0 fully saturated rings. The molecule has 2 atom stereocenters. The fraction of sp³-hybridized carbons (Fsp3) is 0.286. The second kappa shape index (κ2) is 8.43. The van der Waals surface area contributed by atoms with Crippen LogP contribution in [0.15, 0.2) is 67.1 Å². The molecule has 0 unspecified atom stereocenters. The van der Waals surface area contributed by atoms with Crippen LogP contribution in [0.4, 0.5) is 0 Å². The maximum atomic E-state index is 12.8. The topological polar surface area (TPSA) is 59.8 Å². The Morgan fingerprint density at radius 2 is 1.96 bits per heavy atom.